The number of carbonyl (C=O) groups excluding carboxylic acids is 1. The number of carbonyl (C=O) groups is 1. The second-order valence-corrected chi connectivity index (χ2v) is 6.13. The van der Waals surface area contributed by atoms with Crippen molar-refractivity contribution in [3.8, 4) is 11.5 Å². The van der Waals surface area contributed by atoms with Gasteiger partial charge in [0.05, 0.1) is 24.8 Å². The molecular weight excluding hydrogens is 343 g/mol. The third-order valence-corrected chi connectivity index (χ3v) is 4.29. The van der Waals surface area contributed by atoms with E-state index in [9.17, 15) is 9.18 Å². The van der Waals surface area contributed by atoms with Crippen LogP contribution in [0.4, 0.5) is 10.1 Å². The number of methoxy groups -OCH3 is 2. The highest BCUT2D eigenvalue weighted by Gasteiger charge is 2.24. The van der Waals surface area contributed by atoms with Crippen LogP contribution in [0.1, 0.15) is 5.56 Å². The van der Waals surface area contributed by atoms with E-state index < -0.39 is 0 Å². The van der Waals surface area contributed by atoms with E-state index in [0.29, 0.717) is 27.3 Å². The maximum Gasteiger partial charge on any atom is 0.264 e. The predicted molar refractivity (Wildman–Crippen MR) is 96.8 cm³/mol. The number of halogens is 1. The lowest BCUT2D eigenvalue weighted by molar-refractivity contribution is -0.115. The van der Waals surface area contributed by atoms with Gasteiger partial charge in [-0.25, -0.2) is 9.38 Å². The first-order chi connectivity index (χ1) is 12.1. The minimum atomic E-state index is -0.334. The summed E-state index contributed by atoms with van der Waals surface area (Å²) < 4.78 is 23.4. The number of thioether (sulfide) groups is 1. The van der Waals surface area contributed by atoms with Crippen LogP contribution in [0, 0.1) is 5.82 Å². The number of benzene rings is 2. The van der Waals surface area contributed by atoms with Crippen LogP contribution >= 0.6 is 11.8 Å². The van der Waals surface area contributed by atoms with E-state index in [1.165, 1.54) is 23.9 Å². The molecule has 1 saturated heterocycles. The largest absolute Gasteiger partial charge is 0.497 e. The molecule has 25 heavy (non-hydrogen) atoms. The molecule has 0 atom stereocenters. The Morgan fingerprint density at radius 3 is 2.32 bits per heavy atom. The zero-order valence-electron chi connectivity index (χ0n) is 13.6. The molecule has 1 amide bonds. The normalized spacial score (nSPS) is 17.0. The Balaban J connectivity index is 1.85. The van der Waals surface area contributed by atoms with E-state index in [1.807, 2.05) is 0 Å². The van der Waals surface area contributed by atoms with Crippen molar-refractivity contribution >= 4 is 34.6 Å². The minimum Gasteiger partial charge on any atom is -0.497 e. The lowest BCUT2D eigenvalue weighted by Crippen LogP contribution is -2.19. The number of nitrogens with one attached hydrogen (secondary N) is 1. The zero-order valence-corrected chi connectivity index (χ0v) is 14.4. The fourth-order valence-corrected chi connectivity index (χ4v) is 3.02. The number of rotatable bonds is 4. The summed E-state index contributed by atoms with van der Waals surface area (Å²) >= 11 is 1.21. The topological polar surface area (TPSA) is 59.9 Å². The minimum absolute atomic E-state index is 0.243. The summed E-state index contributed by atoms with van der Waals surface area (Å²) in [5, 5.41) is 3.14. The van der Waals surface area contributed by atoms with Gasteiger partial charge in [-0.3, -0.25) is 4.79 Å². The molecule has 128 valence electrons. The Bertz CT molecular complexity index is 841. The van der Waals surface area contributed by atoms with Crippen LogP contribution < -0.4 is 14.8 Å². The first-order valence-corrected chi connectivity index (χ1v) is 8.17. The number of amidine groups is 1. The van der Waals surface area contributed by atoms with E-state index in [4.69, 9.17) is 9.47 Å². The summed E-state index contributed by atoms with van der Waals surface area (Å²) in [4.78, 5) is 16.9. The number of ether oxygens (including phenoxy) is 2. The second kappa shape index (κ2) is 7.40. The van der Waals surface area contributed by atoms with Gasteiger partial charge < -0.3 is 14.8 Å². The SMILES string of the molecule is COc1cc(/C=C2\SC(=Nc3ccc(F)cc3)NC2=O)cc(OC)c1. The van der Waals surface area contributed by atoms with Crippen molar-refractivity contribution in [1.82, 2.24) is 5.32 Å². The Morgan fingerprint density at radius 2 is 1.72 bits per heavy atom. The second-order valence-electron chi connectivity index (χ2n) is 5.10. The average Bonchev–Trinajstić information content (AvgIpc) is 2.95. The highest BCUT2D eigenvalue weighted by atomic mass is 32.2. The molecular formula is C18H15FN2O3S. The Labute approximate surface area is 148 Å². The Morgan fingerprint density at radius 1 is 1.08 bits per heavy atom. The maximum atomic E-state index is 12.9. The molecule has 1 fully saturated rings. The molecule has 1 N–H and O–H groups in total. The first-order valence-electron chi connectivity index (χ1n) is 7.35. The Kier molecular flexibility index (Phi) is 5.04. The van der Waals surface area contributed by atoms with Gasteiger partial charge in [0.15, 0.2) is 5.17 Å². The molecule has 7 heteroatoms. The van der Waals surface area contributed by atoms with E-state index in [1.54, 1.807) is 50.6 Å². The summed E-state index contributed by atoms with van der Waals surface area (Å²) in [7, 11) is 3.13. The highest BCUT2D eigenvalue weighted by Crippen LogP contribution is 2.30. The molecule has 5 nitrogen and oxygen atoms in total. The molecule has 0 saturated carbocycles. The predicted octanol–water partition coefficient (Wildman–Crippen LogP) is 3.73. The van der Waals surface area contributed by atoms with Gasteiger partial charge in [0.1, 0.15) is 17.3 Å². The van der Waals surface area contributed by atoms with Crippen molar-refractivity contribution in [2.75, 3.05) is 14.2 Å². The van der Waals surface area contributed by atoms with Crippen LogP contribution in [0.25, 0.3) is 6.08 Å². The fraction of sp³-hybridized carbons (Fsp3) is 0.111. The first kappa shape index (κ1) is 17.0. The number of hydrogen-bond donors (Lipinski definition) is 1. The fourth-order valence-electron chi connectivity index (χ4n) is 2.18. The summed E-state index contributed by atoms with van der Waals surface area (Å²) in [6.45, 7) is 0. The molecule has 0 aliphatic carbocycles. The van der Waals surface area contributed by atoms with Gasteiger partial charge in [0.2, 0.25) is 0 Å². The number of aliphatic imine (C=N–C) groups is 1. The molecule has 0 aromatic heterocycles. The summed E-state index contributed by atoms with van der Waals surface area (Å²) in [6.07, 6.45) is 1.73. The van der Waals surface area contributed by atoms with E-state index in [0.717, 1.165) is 5.56 Å². The quantitative estimate of drug-likeness (QED) is 0.846. The molecule has 3 rings (SSSR count). The van der Waals surface area contributed by atoms with Gasteiger partial charge in [-0.2, -0.15) is 0 Å². The molecule has 0 unspecified atom stereocenters. The molecule has 1 aliphatic heterocycles. The van der Waals surface area contributed by atoms with Crippen molar-refractivity contribution in [3.05, 3.63) is 58.8 Å². The number of amides is 1. The molecule has 1 aliphatic rings. The standard InChI is InChI=1S/C18H15FN2O3S/c1-23-14-7-11(8-15(10-14)24-2)9-16-17(22)21-18(25-16)20-13-5-3-12(19)4-6-13/h3-10H,1-2H3,(H,20,21,22)/b16-9-. The van der Waals surface area contributed by atoms with E-state index >= 15 is 0 Å². The van der Waals surface area contributed by atoms with E-state index in [2.05, 4.69) is 10.3 Å². The van der Waals surface area contributed by atoms with Gasteiger partial charge in [-0.1, -0.05) is 0 Å². The summed E-state index contributed by atoms with van der Waals surface area (Å²) in [5.74, 6) is 0.692. The molecule has 0 radical (unpaired) electrons. The monoisotopic (exact) mass is 358 g/mol. The van der Waals surface area contributed by atoms with Gasteiger partial charge in [-0.05, 0) is 59.8 Å². The number of hydrogen-bond acceptors (Lipinski definition) is 5. The van der Waals surface area contributed by atoms with Crippen molar-refractivity contribution < 1.29 is 18.7 Å². The van der Waals surface area contributed by atoms with Crippen LogP contribution in [-0.2, 0) is 4.79 Å². The molecule has 2 aromatic rings. The van der Waals surface area contributed by atoms with Crippen molar-refractivity contribution in [1.29, 1.82) is 0 Å². The maximum absolute atomic E-state index is 12.9. The van der Waals surface area contributed by atoms with E-state index in [-0.39, 0.29) is 11.7 Å². The van der Waals surface area contributed by atoms with Crippen LogP contribution in [0.2, 0.25) is 0 Å². The smallest absolute Gasteiger partial charge is 0.264 e. The van der Waals surface area contributed by atoms with Crippen LogP contribution in [-0.4, -0.2) is 25.3 Å². The highest BCUT2D eigenvalue weighted by molar-refractivity contribution is 8.18. The van der Waals surface area contributed by atoms with Gasteiger partial charge in [-0.15, -0.1) is 0 Å². The van der Waals surface area contributed by atoms with Gasteiger partial charge in [0, 0.05) is 6.07 Å². The summed E-state index contributed by atoms with van der Waals surface area (Å²) in [5.41, 5.74) is 1.34. The van der Waals surface area contributed by atoms with Gasteiger partial charge in [0.25, 0.3) is 5.91 Å². The zero-order chi connectivity index (χ0) is 17.8. The van der Waals surface area contributed by atoms with Crippen molar-refractivity contribution in [2.45, 2.75) is 0 Å². The lowest BCUT2D eigenvalue weighted by Gasteiger charge is -2.06. The molecule has 0 bridgehead atoms. The lowest BCUT2D eigenvalue weighted by atomic mass is 10.2. The van der Waals surface area contributed by atoms with Crippen molar-refractivity contribution in [2.24, 2.45) is 4.99 Å². The van der Waals surface area contributed by atoms with Crippen LogP contribution in [0.15, 0.2) is 52.4 Å². The average molecular weight is 358 g/mol. The van der Waals surface area contributed by atoms with Gasteiger partial charge >= 0.3 is 0 Å². The van der Waals surface area contributed by atoms with Crippen LogP contribution in [0.5, 0.6) is 11.5 Å². The third kappa shape index (κ3) is 4.19. The molecule has 0 spiro atoms. The Hall–Kier alpha value is -2.80. The van der Waals surface area contributed by atoms with Crippen molar-refractivity contribution in [3.63, 3.8) is 0 Å². The molecule has 2 aromatic carbocycles. The summed E-state index contributed by atoms with van der Waals surface area (Å²) in [6, 6.07) is 11.1. The molecule has 1 heterocycles. The number of nitrogens with zero attached hydrogens (tertiary/aromatic N) is 1. The third-order valence-electron chi connectivity index (χ3n) is 3.38. The van der Waals surface area contributed by atoms with Crippen LogP contribution in [0.3, 0.4) is 0 Å².